The number of hydrogen-bond acceptors (Lipinski definition) is 1. The Hall–Kier alpha value is -0.790. The second-order valence-corrected chi connectivity index (χ2v) is 4.53. The number of rotatable bonds is 5. The average Bonchev–Trinajstić information content (AvgIpc) is 2.15. The van der Waals surface area contributed by atoms with Crippen molar-refractivity contribution >= 4 is 11.6 Å². The lowest BCUT2D eigenvalue weighted by molar-refractivity contribution is 0.609. The molecule has 1 rings (SSSR count). The Morgan fingerprint density at radius 1 is 1.53 bits per heavy atom. The first-order chi connectivity index (χ1) is 7.08. The van der Waals surface area contributed by atoms with Crippen molar-refractivity contribution in [3.8, 4) is 0 Å². The van der Waals surface area contributed by atoms with Gasteiger partial charge in [0, 0.05) is 11.1 Å². The van der Waals surface area contributed by atoms with E-state index < -0.39 is 0 Å². The molecule has 82 valence electrons. The Bertz CT molecular complexity index is 333. The molecule has 0 saturated heterocycles. The third-order valence-electron chi connectivity index (χ3n) is 2.33. The molecule has 0 radical (unpaired) electrons. The van der Waals surface area contributed by atoms with E-state index >= 15 is 0 Å². The lowest BCUT2D eigenvalue weighted by Gasteiger charge is -2.11. The van der Waals surface area contributed by atoms with E-state index in [1.807, 2.05) is 25.1 Å². The van der Waals surface area contributed by atoms with Crippen LogP contribution in [0.5, 0.6) is 0 Å². The molecule has 1 aromatic rings. The predicted octanol–water partition coefficient (Wildman–Crippen LogP) is 3.57. The molecule has 0 spiro atoms. The first-order valence-corrected chi connectivity index (χ1v) is 5.60. The Morgan fingerprint density at radius 3 is 2.87 bits per heavy atom. The van der Waals surface area contributed by atoms with Crippen molar-refractivity contribution in [2.45, 2.75) is 32.2 Å². The van der Waals surface area contributed by atoms with Gasteiger partial charge in [-0.15, -0.1) is 6.58 Å². The van der Waals surface area contributed by atoms with Crippen LogP contribution in [0.15, 0.2) is 36.4 Å². The number of benzene rings is 1. The lowest BCUT2D eigenvalue weighted by Crippen LogP contribution is -2.22. The van der Waals surface area contributed by atoms with Crippen LogP contribution in [0.3, 0.4) is 0 Å². The van der Waals surface area contributed by atoms with Gasteiger partial charge in [0.1, 0.15) is 0 Å². The molecule has 0 aliphatic rings. The topological polar surface area (TPSA) is 26.0 Å². The molecule has 15 heavy (non-hydrogen) atoms. The highest BCUT2D eigenvalue weighted by Crippen LogP contribution is 2.13. The highest BCUT2D eigenvalue weighted by atomic mass is 35.5. The molecule has 1 atom stereocenters. The Kier molecular flexibility index (Phi) is 4.86. The van der Waals surface area contributed by atoms with E-state index in [-0.39, 0.29) is 6.04 Å². The molecule has 0 aromatic heterocycles. The molecule has 0 fully saturated rings. The minimum Gasteiger partial charge on any atom is -0.327 e. The van der Waals surface area contributed by atoms with E-state index in [2.05, 4.69) is 12.6 Å². The average molecular weight is 224 g/mol. The second-order valence-electron chi connectivity index (χ2n) is 4.09. The Morgan fingerprint density at radius 2 is 2.27 bits per heavy atom. The van der Waals surface area contributed by atoms with Crippen LogP contribution in [0.2, 0.25) is 5.02 Å². The third kappa shape index (κ3) is 5.01. The van der Waals surface area contributed by atoms with E-state index in [1.54, 1.807) is 0 Å². The molecule has 1 aromatic carbocycles. The van der Waals surface area contributed by atoms with Crippen molar-refractivity contribution in [1.29, 1.82) is 0 Å². The van der Waals surface area contributed by atoms with Crippen LogP contribution in [0.4, 0.5) is 0 Å². The van der Waals surface area contributed by atoms with E-state index in [1.165, 1.54) is 11.1 Å². The highest BCUT2D eigenvalue weighted by molar-refractivity contribution is 6.30. The van der Waals surface area contributed by atoms with Crippen LogP contribution < -0.4 is 5.73 Å². The van der Waals surface area contributed by atoms with Gasteiger partial charge >= 0.3 is 0 Å². The monoisotopic (exact) mass is 223 g/mol. The predicted molar refractivity (Wildman–Crippen MR) is 67.2 cm³/mol. The maximum absolute atomic E-state index is 6.02. The molecule has 0 aliphatic carbocycles. The van der Waals surface area contributed by atoms with Gasteiger partial charge in [-0.25, -0.2) is 0 Å². The molecule has 0 aliphatic heterocycles. The SMILES string of the molecule is C=C(C)CCC(N)Cc1cccc(Cl)c1. The first kappa shape index (κ1) is 12.3. The summed E-state index contributed by atoms with van der Waals surface area (Å²) in [6, 6.07) is 8.07. The van der Waals surface area contributed by atoms with Gasteiger partial charge in [0.05, 0.1) is 0 Å². The molecular weight excluding hydrogens is 206 g/mol. The highest BCUT2D eigenvalue weighted by Gasteiger charge is 2.04. The van der Waals surface area contributed by atoms with Crippen LogP contribution in [-0.2, 0) is 6.42 Å². The van der Waals surface area contributed by atoms with E-state index in [4.69, 9.17) is 17.3 Å². The van der Waals surface area contributed by atoms with Gasteiger partial charge in [-0.2, -0.15) is 0 Å². The lowest BCUT2D eigenvalue weighted by atomic mass is 10.0. The van der Waals surface area contributed by atoms with E-state index in [9.17, 15) is 0 Å². The zero-order valence-corrected chi connectivity index (χ0v) is 9.93. The van der Waals surface area contributed by atoms with Crippen molar-refractivity contribution in [2.24, 2.45) is 5.73 Å². The second kappa shape index (κ2) is 5.94. The summed E-state index contributed by atoms with van der Waals surface area (Å²) in [7, 11) is 0. The van der Waals surface area contributed by atoms with Crippen molar-refractivity contribution in [2.75, 3.05) is 0 Å². The van der Waals surface area contributed by atoms with Crippen LogP contribution in [0.1, 0.15) is 25.3 Å². The van der Waals surface area contributed by atoms with Gasteiger partial charge in [0.15, 0.2) is 0 Å². The summed E-state index contributed by atoms with van der Waals surface area (Å²) in [5.74, 6) is 0. The molecule has 0 amide bonds. The molecule has 1 unspecified atom stereocenters. The molecule has 0 saturated carbocycles. The number of nitrogens with two attached hydrogens (primary N) is 1. The summed E-state index contributed by atoms with van der Waals surface area (Å²) in [5.41, 5.74) is 8.42. The molecule has 2 heteroatoms. The maximum atomic E-state index is 6.02. The molecular formula is C13H18ClN. The largest absolute Gasteiger partial charge is 0.327 e. The van der Waals surface area contributed by atoms with Crippen LogP contribution in [0, 0.1) is 0 Å². The smallest absolute Gasteiger partial charge is 0.0408 e. The van der Waals surface area contributed by atoms with Crippen LogP contribution >= 0.6 is 11.6 Å². The zero-order valence-electron chi connectivity index (χ0n) is 9.17. The summed E-state index contributed by atoms with van der Waals surface area (Å²) in [6.45, 7) is 5.91. The summed E-state index contributed by atoms with van der Waals surface area (Å²) in [4.78, 5) is 0. The van der Waals surface area contributed by atoms with E-state index in [0.717, 1.165) is 24.3 Å². The third-order valence-corrected chi connectivity index (χ3v) is 2.56. The molecule has 1 nitrogen and oxygen atoms in total. The fourth-order valence-corrected chi connectivity index (χ4v) is 1.71. The van der Waals surface area contributed by atoms with Crippen LogP contribution in [-0.4, -0.2) is 6.04 Å². The van der Waals surface area contributed by atoms with Crippen molar-refractivity contribution in [3.63, 3.8) is 0 Å². The number of allylic oxidation sites excluding steroid dienone is 1. The minimum absolute atomic E-state index is 0.195. The standard InChI is InChI=1S/C13H18ClN/c1-10(2)6-7-13(15)9-11-4-3-5-12(14)8-11/h3-5,8,13H,1,6-7,9,15H2,2H3. The van der Waals surface area contributed by atoms with E-state index in [0.29, 0.717) is 0 Å². The molecule has 0 bridgehead atoms. The fourth-order valence-electron chi connectivity index (χ4n) is 1.50. The Labute approximate surface area is 96.9 Å². The van der Waals surface area contributed by atoms with Crippen molar-refractivity contribution in [1.82, 2.24) is 0 Å². The summed E-state index contributed by atoms with van der Waals surface area (Å²) in [6.07, 6.45) is 2.87. The summed E-state index contributed by atoms with van der Waals surface area (Å²) in [5, 5.41) is 0.777. The summed E-state index contributed by atoms with van der Waals surface area (Å²) >= 11 is 5.90. The van der Waals surface area contributed by atoms with Crippen molar-refractivity contribution in [3.05, 3.63) is 47.0 Å². The van der Waals surface area contributed by atoms with Gasteiger partial charge < -0.3 is 5.73 Å². The zero-order chi connectivity index (χ0) is 11.3. The maximum Gasteiger partial charge on any atom is 0.0408 e. The minimum atomic E-state index is 0.195. The fraction of sp³-hybridized carbons (Fsp3) is 0.385. The normalized spacial score (nSPS) is 12.5. The van der Waals surface area contributed by atoms with Gasteiger partial charge in [0.2, 0.25) is 0 Å². The quantitative estimate of drug-likeness (QED) is 0.759. The van der Waals surface area contributed by atoms with Gasteiger partial charge in [-0.3, -0.25) is 0 Å². The van der Waals surface area contributed by atoms with Crippen LogP contribution in [0.25, 0.3) is 0 Å². The Balaban J connectivity index is 2.44. The summed E-state index contributed by atoms with van der Waals surface area (Å²) < 4.78 is 0. The number of halogens is 1. The molecule has 2 N–H and O–H groups in total. The first-order valence-electron chi connectivity index (χ1n) is 5.22. The number of hydrogen-bond donors (Lipinski definition) is 1. The van der Waals surface area contributed by atoms with Crippen molar-refractivity contribution < 1.29 is 0 Å². The molecule has 0 heterocycles. The van der Waals surface area contributed by atoms with Gasteiger partial charge in [-0.1, -0.05) is 29.3 Å². The van der Waals surface area contributed by atoms with Gasteiger partial charge in [-0.05, 0) is 43.9 Å². The van der Waals surface area contributed by atoms with Gasteiger partial charge in [0.25, 0.3) is 0 Å².